The van der Waals surface area contributed by atoms with Crippen molar-refractivity contribution in [3.8, 4) is 22.4 Å². The molecule has 2 aliphatic rings. The molecule has 0 saturated carbocycles. The van der Waals surface area contributed by atoms with E-state index in [1.54, 1.807) is 40.3 Å². The maximum atomic E-state index is 15.3. The highest BCUT2D eigenvalue weighted by molar-refractivity contribution is 5.90. The standard InChI is InChI=1S/C32H35FN8O5/c1-19(2)28(38(3)31(43)44)30(42)40-13-4-5-27(40)29-34-16-26(36-29)21-8-6-20(7-9-21)24-11-10-22(15-25(24)33)41-18-23(46-32(41)45)17-39-14-12-35-37-39/h6-12,14-16,19,23,27-28H,4-5,13,17-18H2,1-3H3,(H,34,36)(H,43,44)/t23-,27-,28-/m0/s1. The zero-order valence-electron chi connectivity index (χ0n) is 25.7. The largest absolute Gasteiger partial charge is 0.465 e. The van der Waals surface area contributed by atoms with Crippen molar-refractivity contribution in [2.45, 2.75) is 51.4 Å². The summed E-state index contributed by atoms with van der Waals surface area (Å²) in [6.07, 6.45) is 4.31. The number of carbonyl (C=O) groups excluding carboxylic acids is 2. The summed E-state index contributed by atoms with van der Waals surface area (Å²) in [7, 11) is 1.42. The summed E-state index contributed by atoms with van der Waals surface area (Å²) in [5.41, 5.74) is 3.03. The molecule has 0 bridgehead atoms. The lowest BCUT2D eigenvalue weighted by molar-refractivity contribution is -0.138. The molecule has 46 heavy (non-hydrogen) atoms. The summed E-state index contributed by atoms with van der Waals surface area (Å²) >= 11 is 0. The minimum atomic E-state index is -1.15. The fourth-order valence-electron chi connectivity index (χ4n) is 6.26. The van der Waals surface area contributed by atoms with Gasteiger partial charge in [-0.1, -0.05) is 43.3 Å². The van der Waals surface area contributed by atoms with Crippen LogP contribution in [-0.4, -0.2) is 90.2 Å². The van der Waals surface area contributed by atoms with Gasteiger partial charge in [-0.05, 0) is 48.1 Å². The third-order valence-electron chi connectivity index (χ3n) is 8.56. The van der Waals surface area contributed by atoms with Crippen molar-refractivity contribution in [1.29, 1.82) is 0 Å². The average molecular weight is 631 g/mol. The van der Waals surface area contributed by atoms with E-state index >= 15 is 4.39 Å². The lowest BCUT2D eigenvalue weighted by Gasteiger charge is -2.33. The molecule has 0 aliphatic carbocycles. The zero-order chi connectivity index (χ0) is 32.5. The summed E-state index contributed by atoms with van der Waals surface area (Å²) < 4.78 is 22.3. The summed E-state index contributed by atoms with van der Waals surface area (Å²) in [5, 5.41) is 17.2. The Morgan fingerprint density at radius 1 is 1.17 bits per heavy atom. The molecule has 4 heterocycles. The normalized spacial score (nSPS) is 18.7. The third kappa shape index (κ3) is 6.02. The van der Waals surface area contributed by atoms with E-state index in [1.165, 1.54) is 18.0 Å². The van der Waals surface area contributed by atoms with Crippen LogP contribution in [-0.2, 0) is 16.1 Å². The molecule has 3 amide bonds. The zero-order valence-corrected chi connectivity index (χ0v) is 25.7. The van der Waals surface area contributed by atoms with Gasteiger partial charge in [0.25, 0.3) is 0 Å². The van der Waals surface area contributed by atoms with Gasteiger partial charge in [0.1, 0.15) is 23.8 Å². The number of likely N-dealkylation sites (N-methyl/N-ethyl adjacent to an activating group) is 1. The number of benzene rings is 2. The SMILES string of the molecule is CC(C)[C@@H](C(=O)N1CCC[C@H]1c1ncc(-c2ccc(-c3ccc(N4C[C@H](Cn5ccnn5)OC4=O)cc3F)cc2)[nH]1)N(C)C(=O)O. The summed E-state index contributed by atoms with van der Waals surface area (Å²) in [6.45, 7) is 4.82. The molecule has 2 aromatic carbocycles. The first-order valence-electron chi connectivity index (χ1n) is 15.1. The maximum absolute atomic E-state index is 15.3. The number of rotatable bonds is 9. The Kier molecular flexibility index (Phi) is 8.43. The first-order valence-corrected chi connectivity index (χ1v) is 15.1. The fraction of sp³-hybridized carbons (Fsp3) is 0.375. The van der Waals surface area contributed by atoms with Gasteiger partial charge in [0, 0.05) is 25.4 Å². The van der Waals surface area contributed by atoms with Gasteiger partial charge in [-0.15, -0.1) is 5.10 Å². The third-order valence-corrected chi connectivity index (χ3v) is 8.56. The molecule has 0 unspecified atom stereocenters. The quantitative estimate of drug-likeness (QED) is 0.268. The van der Waals surface area contributed by atoms with Crippen LogP contribution in [0.15, 0.2) is 61.1 Å². The van der Waals surface area contributed by atoms with Crippen LogP contribution in [0.5, 0.6) is 0 Å². The number of H-pyrrole nitrogens is 1. The number of carboxylic acid groups (broad SMARTS) is 1. The Morgan fingerprint density at radius 2 is 1.93 bits per heavy atom. The van der Waals surface area contributed by atoms with Crippen LogP contribution in [0.1, 0.15) is 38.6 Å². The number of nitrogens with zero attached hydrogens (tertiary/aromatic N) is 7. The van der Waals surface area contributed by atoms with Gasteiger partial charge in [-0.25, -0.2) is 23.6 Å². The van der Waals surface area contributed by atoms with E-state index in [9.17, 15) is 19.5 Å². The Morgan fingerprint density at radius 3 is 2.61 bits per heavy atom. The number of nitrogens with one attached hydrogen (secondary N) is 1. The molecule has 2 aliphatic heterocycles. The van der Waals surface area contributed by atoms with E-state index in [0.29, 0.717) is 42.1 Å². The molecular weight excluding hydrogens is 595 g/mol. The number of ether oxygens (including phenoxy) is 1. The van der Waals surface area contributed by atoms with Crippen molar-refractivity contribution in [3.63, 3.8) is 0 Å². The second-order valence-corrected chi connectivity index (χ2v) is 11.9. The summed E-state index contributed by atoms with van der Waals surface area (Å²) in [5.74, 6) is -0.260. The van der Waals surface area contributed by atoms with E-state index < -0.39 is 30.1 Å². The molecule has 4 aromatic rings. The number of anilines is 1. The van der Waals surface area contributed by atoms with Crippen molar-refractivity contribution >= 4 is 23.8 Å². The predicted molar refractivity (Wildman–Crippen MR) is 165 cm³/mol. The highest BCUT2D eigenvalue weighted by Gasteiger charge is 2.39. The van der Waals surface area contributed by atoms with Crippen LogP contribution < -0.4 is 4.90 Å². The monoisotopic (exact) mass is 630 g/mol. The van der Waals surface area contributed by atoms with E-state index in [2.05, 4.69) is 20.3 Å². The van der Waals surface area contributed by atoms with Crippen molar-refractivity contribution in [1.82, 2.24) is 34.8 Å². The van der Waals surface area contributed by atoms with E-state index in [4.69, 9.17) is 4.74 Å². The van der Waals surface area contributed by atoms with Crippen molar-refractivity contribution in [2.75, 3.05) is 25.0 Å². The number of amides is 3. The number of aromatic amines is 1. The number of hydrogen-bond acceptors (Lipinski definition) is 7. The number of likely N-dealkylation sites (tertiary alicyclic amines) is 1. The van der Waals surface area contributed by atoms with Gasteiger partial charge in [-0.2, -0.15) is 0 Å². The van der Waals surface area contributed by atoms with Gasteiger partial charge in [0.05, 0.1) is 42.9 Å². The number of imidazole rings is 1. The minimum absolute atomic E-state index is 0.193. The molecule has 2 fully saturated rings. The second kappa shape index (κ2) is 12.6. The smallest absolute Gasteiger partial charge is 0.414 e. The van der Waals surface area contributed by atoms with Gasteiger partial charge in [0.2, 0.25) is 5.91 Å². The molecule has 2 saturated heterocycles. The number of halogens is 1. The molecule has 0 spiro atoms. The second-order valence-electron chi connectivity index (χ2n) is 11.9. The minimum Gasteiger partial charge on any atom is -0.465 e. The van der Waals surface area contributed by atoms with E-state index in [0.717, 1.165) is 22.6 Å². The topological polar surface area (TPSA) is 150 Å². The lowest BCUT2D eigenvalue weighted by Crippen LogP contribution is -2.51. The molecule has 13 nitrogen and oxygen atoms in total. The Labute approximate surface area is 264 Å². The molecular formula is C32H35FN8O5. The van der Waals surface area contributed by atoms with Crippen LogP contribution in [0.4, 0.5) is 19.7 Å². The van der Waals surface area contributed by atoms with Crippen LogP contribution in [0.25, 0.3) is 22.4 Å². The number of aromatic nitrogens is 5. The molecule has 14 heteroatoms. The van der Waals surface area contributed by atoms with Crippen molar-refractivity contribution in [3.05, 3.63) is 72.7 Å². The molecule has 2 aromatic heterocycles. The summed E-state index contributed by atoms with van der Waals surface area (Å²) in [4.78, 5) is 49.7. The van der Waals surface area contributed by atoms with E-state index in [-0.39, 0.29) is 24.4 Å². The average Bonchev–Trinajstić information content (AvgIpc) is 3.85. The van der Waals surface area contributed by atoms with Gasteiger partial charge >= 0.3 is 12.2 Å². The Hall–Kier alpha value is -5.27. The molecule has 3 atom stereocenters. The highest BCUT2D eigenvalue weighted by Crippen LogP contribution is 2.34. The van der Waals surface area contributed by atoms with Crippen molar-refractivity contribution < 1.29 is 28.6 Å². The molecule has 2 N–H and O–H groups in total. The number of hydrogen-bond donors (Lipinski definition) is 2. The van der Waals surface area contributed by atoms with Crippen LogP contribution in [0.3, 0.4) is 0 Å². The molecule has 240 valence electrons. The van der Waals surface area contributed by atoms with Gasteiger partial charge < -0.3 is 19.7 Å². The fourth-order valence-corrected chi connectivity index (χ4v) is 6.26. The Balaban J connectivity index is 1.14. The van der Waals surface area contributed by atoms with Crippen molar-refractivity contribution in [2.24, 2.45) is 5.92 Å². The first-order chi connectivity index (χ1) is 22.1. The van der Waals surface area contributed by atoms with Gasteiger partial charge in [-0.3, -0.25) is 14.6 Å². The van der Waals surface area contributed by atoms with Crippen LogP contribution >= 0.6 is 0 Å². The van der Waals surface area contributed by atoms with Gasteiger partial charge in [0.15, 0.2) is 0 Å². The van der Waals surface area contributed by atoms with E-state index in [1.807, 2.05) is 38.1 Å². The first kappa shape index (κ1) is 30.7. The summed E-state index contributed by atoms with van der Waals surface area (Å²) in [6, 6.07) is 10.9. The number of cyclic esters (lactones) is 1. The lowest BCUT2D eigenvalue weighted by atomic mass is 10.0. The number of carbonyl (C=O) groups is 3. The maximum Gasteiger partial charge on any atom is 0.414 e. The molecule has 0 radical (unpaired) electrons. The molecule has 6 rings (SSSR count). The van der Waals surface area contributed by atoms with Crippen LogP contribution in [0, 0.1) is 11.7 Å². The Bertz CT molecular complexity index is 1720. The van der Waals surface area contributed by atoms with Crippen LogP contribution in [0.2, 0.25) is 0 Å². The predicted octanol–water partition coefficient (Wildman–Crippen LogP) is 4.80. The highest BCUT2D eigenvalue weighted by atomic mass is 19.1.